The normalized spacial score (nSPS) is 20.3. The third-order valence-electron chi connectivity index (χ3n) is 6.20. The van der Waals surface area contributed by atoms with Crippen LogP contribution in [0.15, 0.2) is 30.0 Å². The van der Waals surface area contributed by atoms with E-state index < -0.39 is 11.5 Å². The fraction of sp³-hybridized carbons (Fsp3) is 0.600. The predicted octanol–water partition coefficient (Wildman–Crippen LogP) is 6.35. The number of urea groups is 1. The van der Waals surface area contributed by atoms with E-state index in [9.17, 15) is 9.59 Å². The van der Waals surface area contributed by atoms with Crippen LogP contribution in [0.3, 0.4) is 0 Å². The Balaban J connectivity index is 2.35. The summed E-state index contributed by atoms with van der Waals surface area (Å²) in [6.07, 6.45) is 5.26. The molecule has 2 N–H and O–H groups in total. The second-order valence-corrected chi connectivity index (χ2v) is 10.4. The Hall–Kier alpha value is -2.01. The van der Waals surface area contributed by atoms with Crippen molar-refractivity contribution in [2.75, 3.05) is 6.54 Å². The number of rotatable bonds is 9. The molecule has 0 aliphatic carbocycles. The molecule has 1 aliphatic rings. The quantitative estimate of drug-likeness (QED) is 0.462. The van der Waals surface area contributed by atoms with Crippen LogP contribution in [0.25, 0.3) is 0 Å². The molecule has 2 atom stereocenters. The van der Waals surface area contributed by atoms with E-state index in [-0.39, 0.29) is 23.8 Å². The predicted molar refractivity (Wildman–Crippen MR) is 126 cm³/mol. The van der Waals surface area contributed by atoms with Gasteiger partial charge >= 0.3 is 12.0 Å². The van der Waals surface area contributed by atoms with Gasteiger partial charge in [-0.25, -0.2) is 4.79 Å². The van der Waals surface area contributed by atoms with Gasteiger partial charge in [-0.2, -0.15) is 0 Å². The molecule has 0 radical (unpaired) electrons. The zero-order valence-electron chi connectivity index (χ0n) is 19.7. The fourth-order valence-corrected chi connectivity index (χ4v) is 4.20. The molecule has 1 aromatic rings. The summed E-state index contributed by atoms with van der Waals surface area (Å²) in [6.45, 7) is 13.3. The van der Waals surface area contributed by atoms with Crippen molar-refractivity contribution in [3.05, 3.63) is 46.1 Å². The van der Waals surface area contributed by atoms with Crippen LogP contribution >= 0.6 is 11.6 Å². The van der Waals surface area contributed by atoms with E-state index in [1.807, 2.05) is 19.2 Å². The highest BCUT2D eigenvalue weighted by molar-refractivity contribution is 6.31. The lowest BCUT2D eigenvalue weighted by Crippen LogP contribution is -2.55. The average molecular weight is 449 g/mol. The average Bonchev–Trinajstić information content (AvgIpc) is 2.67. The number of carbonyl (C=O) groups excluding carboxylic acids is 1. The number of carboxylic acid groups (broad SMARTS) is 1. The first-order chi connectivity index (χ1) is 14.4. The molecule has 31 heavy (non-hydrogen) atoms. The molecule has 0 fully saturated rings. The molecule has 0 saturated heterocycles. The van der Waals surface area contributed by atoms with Crippen LogP contribution in [0.5, 0.6) is 0 Å². The number of aliphatic carboxylic acids is 1. The Morgan fingerprint density at radius 1 is 1.32 bits per heavy atom. The van der Waals surface area contributed by atoms with Crippen LogP contribution in [0.4, 0.5) is 4.79 Å². The second kappa shape index (κ2) is 10.1. The highest BCUT2D eigenvalue weighted by atomic mass is 35.5. The zero-order valence-corrected chi connectivity index (χ0v) is 20.5. The Kier molecular flexibility index (Phi) is 8.21. The van der Waals surface area contributed by atoms with Crippen molar-refractivity contribution in [3.8, 4) is 0 Å². The van der Waals surface area contributed by atoms with E-state index in [1.165, 1.54) is 0 Å². The third kappa shape index (κ3) is 6.49. The Labute approximate surface area is 191 Å². The second-order valence-electron chi connectivity index (χ2n) is 10.0. The van der Waals surface area contributed by atoms with Crippen molar-refractivity contribution in [1.29, 1.82) is 0 Å². The lowest BCUT2D eigenvalue weighted by atomic mass is 9.76. The van der Waals surface area contributed by atoms with Gasteiger partial charge in [0.1, 0.15) is 0 Å². The number of carbonyl (C=O) groups is 2. The maximum atomic E-state index is 12.9. The molecule has 0 aromatic heterocycles. The van der Waals surface area contributed by atoms with Crippen LogP contribution in [0.2, 0.25) is 5.02 Å². The fourth-order valence-electron chi connectivity index (χ4n) is 3.93. The van der Waals surface area contributed by atoms with Crippen molar-refractivity contribution >= 4 is 23.6 Å². The lowest BCUT2D eigenvalue weighted by Gasteiger charge is -2.43. The van der Waals surface area contributed by atoms with Gasteiger partial charge in [0.2, 0.25) is 0 Å². The number of hydrogen-bond donors (Lipinski definition) is 2. The molecule has 2 unspecified atom stereocenters. The van der Waals surface area contributed by atoms with Gasteiger partial charge in [-0.15, -0.1) is 0 Å². The largest absolute Gasteiger partial charge is 0.481 e. The van der Waals surface area contributed by atoms with Crippen molar-refractivity contribution < 1.29 is 14.7 Å². The summed E-state index contributed by atoms with van der Waals surface area (Å²) in [6, 6.07) is 5.91. The number of nitrogens with zero attached hydrogens (tertiary/aromatic N) is 1. The summed E-state index contributed by atoms with van der Waals surface area (Å²) in [7, 11) is 0. The van der Waals surface area contributed by atoms with E-state index in [2.05, 4.69) is 52.1 Å². The van der Waals surface area contributed by atoms with Gasteiger partial charge in [0.05, 0.1) is 5.54 Å². The van der Waals surface area contributed by atoms with Gasteiger partial charge in [-0.3, -0.25) is 4.79 Å². The molecular weight excluding hydrogens is 412 g/mol. The minimum absolute atomic E-state index is 0.0409. The molecule has 2 rings (SSSR count). The topological polar surface area (TPSA) is 69.6 Å². The van der Waals surface area contributed by atoms with Crippen LogP contribution in [0.1, 0.15) is 78.4 Å². The molecule has 0 spiro atoms. The Morgan fingerprint density at radius 3 is 2.55 bits per heavy atom. The maximum absolute atomic E-state index is 12.9. The van der Waals surface area contributed by atoms with E-state index >= 15 is 0 Å². The highest BCUT2D eigenvalue weighted by Crippen LogP contribution is 2.39. The zero-order chi connectivity index (χ0) is 23.4. The van der Waals surface area contributed by atoms with Crippen LogP contribution < -0.4 is 5.32 Å². The molecule has 1 heterocycles. The number of nitrogens with one attached hydrogen (secondary N) is 1. The van der Waals surface area contributed by atoms with Gasteiger partial charge in [-0.1, -0.05) is 58.4 Å². The minimum atomic E-state index is -0.852. The van der Waals surface area contributed by atoms with E-state index in [0.717, 1.165) is 41.0 Å². The molecule has 1 aliphatic heterocycles. The summed E-state index contributed by atoms with van der Waals surface area (Å²) in [4.78, 5) is 25.3. The number of hydrogen-bond acceptors (Lipinski definition) is 2. The van der Waals surface area contributed by atoms with Gasteiger partial charge < -0.3 is 15.3 Å². The van der Waals surface area contributed by atoms with Gasteiger partial charge in [0, 0.05) is 24.2 Å². The summed E-state index contributed by atoms with van der Waals surface area (Å²) >= 11 is 6.67. The molecular formula is C25H37ClN2O3. The number of halogens is 1. The summed E-state index contributed by atoms with van der Waals surface area (Å²) < 4.78 is 0. The lowest BCUT2D eigenvalue weighted by molar-refractivity contribution is -0.137. The number of carboxylic acids is 1. The van der Waals surface area contributed by atoms with Crippen molar-refractivity contribution in [3.63, 3.8) is 0 Å². The van der Waals surface area contributed by atoms with Crippen LogP contribution in [-0.4, -0.2) is 28.6 Å². The molecule has 2 amide bonds. The molecule has 0 bridgehead atoms. The maximum Gasteiger partial charge on any atom is 0.322 e. The summed E-state index contributed by atoms with van der Waals surface area (Å²) in [5, 5.41) is 12.8. The standard InChI is InChI=1S/C25H37ClN2O3/c1-7-17(2)20-16-28(14-8-9-22(29)30)23(31)27-25(20,6)19-11-10-18(21(26)15-19)12-13-24(3,4)5/h10-11,15-17H,7-9,12-14H2,1-6H3,(H,27,31)(H,29,30). The smallest absolute Gasteiger partial charge is 0.322 e. The van der Waals surface area contributed by atoms with Crippen molar-refractivity contribution in [2.45, 2.75) is 79.2 Å². The molecule has 172 valence electrons. The Morgan fingerprint density at radius 2 is 2.00 bits per heavy atom. The third-order valence-corrected chi connectivity index (χ3v) is 6.55. The Bertz CT molecular complexity index is 844. The van der Waals surface area contributed by atoms with E-state index in [4.69, 9.17) is 16.7 Å². The van der Waals surface area contributed by atoms with Crippen LogP contribution in [0, 0.1) is 11.3 Å². The first-order valence-electron chi connectivity index (χ1n) is 11.2. The molecule has 0 saturated carbocycles. The van der Waals surface area contributed by atoms with Crippen LogP contribution in [-0.2, 0) is 16.8 Å². The van der Waals surface area contributed by atoms with Crippen molar-refractivity contribution in [1.82, 2.24) is 10.2 Å². The molecule has 5 nitrogen and oxygen atoms in total. The first-order valence-corrected chi connectivity index (χ1v) is 11.6. The SMILES string of the molecule is CCC(C)C1=CN(CCCC(=O)O)C(=O)NC1(C)c1ccc(CCC(C)(C)C)c(Cl)c1. The van der Waals surface area contributed by atoms with Crippen molar-refractivity contribution in [2.24, 2.45) is 11.3 Å². The molecule has 1 aromatic carbocycles. The number of benzene rings is 1. The minimum Gasteiger partial charge on any atom is -0.481 e. The first kappa shape index (κ1) is 25.3. The summed E-state index contributed by atoms with van der Waals surface area (Å²) in [5.41, 5.74) is 2.75. The van der Waals surface area contributed by atoms with E-state index in [1.54, 1.807) is 4.90 Å². The monoisotopic (exact) mass is 448 g/mol. The number of aryl methyl sites for hydroxylation is 1. The van der Waals surface area contributed by atoms with Gasteiger partial charge in [-0.05, 0) is 66.7 Å². The number of amides is 2. The highest BCUT2D eigenvalue weighted by Gasteiger charge is 2.40. The van der Waals surface area contributed by atoms with Gasteiger partial charge in [0.25, 0.3) is 0 Å². The van der Waals surface area contributed by atoms with E-state index in [0.29, 0.717) is 13.0 Å². The van der Waals surface area contributed by atoms with Gasteiger partial charge in [0.15, 0.2) is 0 Å². The summed E-state index contributed by atoms with van der Waals surface area (Å²) in [5.74, 6) is -0.610. The molecule has 6 heteroatoms.